The second-order valence-corrected chi connectivity index (χ2v) is 6.99. The molecule has 0 unspecified atom stereocenters. The first-order valence-corrected chi connectivity index (χ1v) is 8.71. The van der Waals surface area contributed by atoms with Crippen molar-refractivity contribution in [3.05, 3.63) is 16.0 Å². The minimum atomic E-state index is 0.589. The summed E-state index contributed by atoms with van der Waals surface area (Å²) in [5.74, 6) is 3.18. The molecule has 1 aromatic heterocycles. The maximum Gasteiger partial charge on any atom is 0.144 e. The van der Waals surface area contributed by atoms with Gasteiger partial charge in [-0.25, -0.2) is 9.97 Å². The summed E-state index contributed by atoms with van der Waals surface area (Å²) in [6.07, 6.45) is 7.26. The molecule has 112 valence electrons. The zero-order chi connectivity index (χ0) is 14.5. The lowest BCUT2D eigenvalue weighted by atomic mass is 10.0. The fourth-order valence-electron chi connectivity index (χ4n) is 2.80. The molecule has 0 atom stereocenters. The van der Waals surface area contributed by atoms with E-state index in [2.05, 4.69) is 42.0 Å². The fourth-order valence-corrected chi connectivity index (χ4v) is 3.44. The van der Waals surface area contributed by atoms with Crippen LogP contribution in [-0.4, -0.2) is 16.5 Å². The van der Waals surface area contributed by atoms with Crippen LogP contribution in [0.3, 0.4) is 0 Å². The van der Waals surface area contributed by atoms with Gasteiger partial charge in [0.2, 0.25) is 0 Å². The molecule has 1 saturated carbocycles. The van der Waals surface area contributed by atoms with Gasteiger partial charge in [0.25, 0.3) is 0 Å². The highest BCUT2D eigenvalue weighted by Gasteiger charge is 2.24. The molecule has 1 aromatic rings. The average molecular weight is 340 g/mol. The first kappa shape index (κ1) is 15.7. The van der Waals surface area contributed by atoms with E-state index in [0.29, 0.717) is 11.8 Å². The topological polar surface area (TPSA) is 37.8 Å². The Hall–Kier alpha value is -0.640. The lowest BCUT2D eigenvalue weighted by molar-refractivity contribution is 0.606. The van der Waals surface area contributed by atoms with Gasteiger partial charge in [-0.15, -0.1) is 0 Å². The Labute approximate surface area is 131 Å². The number of nitrogens with zero attached hydrogens (tertiary/aromatic N) is 2. The van der Waals surface area contributed by atoms with Crippen molar-refractivity contribution < 1.29 is 0 Å². The van der Waals surface area contributed by atoms with Gasteiger partial charge in [0.05, 0.1) is 10.2 Å². The van der Waals surface area contributed by atoms with E-state index in [-0.39, 0.29) is 0 Å². The van der Waals surface area contributed by atoms with Crippen LogP contribution in [-0.2, 0) is 6.42 Å². The summed E-state index contributed by atoms with van der Waals surface area (Å²) in [6, 6.07) is 0. The smallest absolute Gasteiger partial charge is 0.144 e. The summed E-state index contributed by atoms with van der Waals surface area (Å²) in [5.41, 5.74) is 1.23. The molecule has 1 N–H and O–H groups in total. The van der Waals surface area contributed by atoms with Crippen LogP contribution in [0.4, 0.5) is 5.82 Å². The molecule has 1 aliphatic carbocycles. The van der Waals surface area contributed by atoms with E-state index < -0.39 is 0 Å². The first-order valence-electron chi connectivity index (χ1n) is 7.92. The fraction of sp³-hybridized carbons (Fsp3) is 0.750. The van der Waals surface area contributed by atoms with Crippen molar-refractivity contribution in [2.75, 3.05) is 11.9 Å². The second-order valence-electron chi connectivity index (χ2n) is 6.19. The van der Waals surface area contributed by atoms with E-state index in [9.17, 15) is 0 Å². The van der Waals surface area contributed by atoms with E-state index in [1.54, 1.807) is 0 Å². The van der Waals surface area contributed by atoms with Crippen molar-refractivity contribution in [2.24, 2.45) is 5.92 Å². The summed E-state index contributed by atoms with van der Waals surface area (Å²) in [7, 11) is 0. The van der Waals surface area contributed by atoms with Crippen LogP contribution in [0.25, 0.3) is 0 Å². The van der Waals surface area contributed by atoms with Gasteiger partial charge in [0, 0.05) is 18.9 Å². The number of aromatic nitrogens is 2. The maximum absolute atomic E-state index is 4.87. The molecular formula is C16H26BrN3. The van der Waals surface area contributed by atoms with Gasteiger partial charge >= 0.3 is 0 Å². The monoisotopic (exact) mass is 339 g/mol. The molecule has 1 fully saturated rings. The number of nitrogens with one attached hydrogen (secondary N) is 1. The molecule has 0 bridgehead atoms. The summed E-state index contributed by atoms with van der Waals surface area (Å²) in [6.45, 7) is 7.58. The first-order chi connectivity index (χ1) is 9.61. The minimum absolute atomic E-state index is 0.589. The van der Waals surface area contributed by atoms with Crippen LogP contribution < -0.4 is 5.32 Å². The second kappa shape index (κ2) is 7.39. The molecule has 3 nitrogen and oxygen atoms in total. The van der Waals surface area contributed by atoms with Gasteiger partial charge in [0.15, 0.2) is 0 Å². The third-order valence-electron chi connectivity index (χ3n) is 3.80. The van der Waals surface area contributed by atoms with E-state index in [0.717, 1.165) is 35.5 Å². The highest BCUT2D eigenvalue weighted by molar-refractivity contribution is 9.10. The molecule has 20 heavy (non-hydrogen) atoms. The largest absolute Gasteiger partial charge is 0.369 e. The van der Waals surface area contributed by atoms with Gasteiger partial charge in [0.1, 0.15) is 11.6 Å². The third kappa shape index (κ3) is 3.94. The molecule has 0 aromatic carbocycles. The molecule has 1 heterocycles. The van der Waals surface area contributed by atoms with Crippen molar-refractivity contribution in [2.45, 2.75) is 65.2 Å². The van der Waals surface area contributed by atoms with Crippen LogP contribution in [0.2, 0.25) is 0 Å². The summed E-state index contributed by atoms with van der Waals surface area (Å²) in [5, 5.41) is 3.44. The zero-order valence-corrected chi connectivity index (χ0v) is 14.5. The molecule has 1 aliphatic rings. The maximum atomic E-state index is 4.87. The summed E-state index contributed by atoms with van der Waals surface area (Å²) >= 11 is 3.73. The van der Waals surface area contributed by atoms with Crippen LogP contribution in [0.5, 0.6) is 0 Å². The number of hydrogen-bond donors (Lipinski definition) is 1. The molecule has 0 amide bonds. The minimum Gasteiger partial charge on any atom is -0.369 e. The standard InChI is InChI=1S/C16H26BrN3/c1-4-9-18-16-14(17)15(12-7-5-6-8-12)19-13(20-16)10-11(2)3/h11-12H,4-10H2,1-3H3,(H,18,19,20). The number of halogens is 1. The van der Waals surface area contributed by atoms with Crippen molar-refractivity contribution in [1.82, 2.24) is 9.97 Å². The van der Waals surface area contributed by atoms with Gasteiger partial charge in [-0.05, 0) is 41.1 Å². The Balaban J connectivity index is 2.31. The summed E-state index contributed by atoms with van der Waals surface area (Å²) in [4.78, 5) is 9.58. The highest BCUT2D eigenvalue weighted by atomic mass is 79.9. The molecule has 0 spiro atoms. The SMILES string of the molecule is CCCNc1nc(CC(C)C)nc(C2CCCC2)c1Br. The third-order valence-corrected chi connectivity index (χ3v) is 4.58. The van der Waals surface area contributed by atoms with Crippen LogP contribution >= 0.6 is 15.9 Å². The Morgan fingerprint density at radius 3 is 2.55 bits per heavy atom. The van der Waals surface area contributed by atoms with Crippen LogP contribution in [0.15, 0.2) is 4.47 Å². The average Bonchev–Trinajstić information content (AvgIpc) is 2.92. The quantitative estimate of drug-likeness (QED) is 0.799. The van der Waals surface area contributed by atoms with Crippen LogP contribution in [0.1, 0.15) is 70.3 Å². The van der Waals surface area contributed by atoms with Crippen molar-refractivity contribution in [1.29, 1.82) is 0 Å². The van der Waals surface area contributed by atoms with E-state index in [4.69, 9.17) is 9.97 Å². The number of hydrogen-bond acceptors (Lipinski definition) is 3. The molecule has 4 heteroatoms. The van der Waals surface area contributed by atoms with Crippen molar-refractivity contribution >= 4 is 21.7 Å². The number of anilines is 1. The normalized spacial score (nSPS) is 16.1. The lowest BCUT2D eigenvalue weighted by Gasteiger charge is -2.17. The van der Waals surface area contributed by atoms with Crippen molar-refractivity contribution in [3.63, 3.8) is 0 Å². The van der Waals surface area contributed by atoms with Gasteiger partial charge in [-0.2, -0.15) is 0 Å². The summed E-state index contributed by atoms with van der Waals surface area (Å²) < 4.78 is 1.09. The Bertz CT molecular complexity index is 440. The predicted octanol–water partition coefficient (Wildman–Crippen LogP) is 4.92. The van der Waals surface area contributed by atoms with Crippen LogP contribution in [0, 0.1) is 5.92 Å². The Morgan fingerprint density at radius 2 is 1.95 bits per heavy atom. The highest BCUT2D eigenvalue weighted by Crippen LogP contribution is 2.38. The zero-order valence-electron chi connectivity index (χ0n) is 12.9. The molecule has 0 aliphatic heterocycles. The Kier molecular flexibility index (Phi) is 5.82. The van der Waals surface area contributed by atoms with Gasteiger partial charge in [-0.1, -0.05) is 33.6 Å². The molecular weight excluding hydrogens is 314 g/mol. The molecule has 0 radical (unpaired) electrons. The van der Waals surface area contributed by atoms with E-state index in [1.807, 2.05) is 0 Å². The molecule has 0 saturated heterocycles. The lowest BCUT2D eigenvalue weighted by Crippen LogP contribution is -2.12. The van der Waals surface area contributed by atoms with E-state index >= 15 is 0 Å². The van der Waals surface area contributed by atoms with Gasteiger partial charge < -0.3 is 5.32 Å². The molecule has 2 rings (SSSR count). The van der Waals surface area contributed by atoms with Crippen molar-refractivity contribution in [3.8, 4) is 0 Å². The predicted molar refractivity (Wildman–Crippen MR) is 88.3 cm³/mol. The van der Waals surface area contributed by atoms with E-state index in [1.165, 1.54) is 31.4 Å². The Morgan fingerprint density at radius 1 is 1.25 bits per heavy atom. The van der Waals surface area contributed by atoms with Gasteiger partial charge in [-0.3, -0.25) is 0 Å². The number of rotatable bonds is 6.